The second kappa shape index (κ2) is 4.06. The van der Waals surface area contributed by atoms with Gasteiger partial charge >= 0.3 is 0 Å². The van der Waals surface area contributed by atoms with E-state index in [1.54, 1.807) is 0 Å². The number of anilines is 1. The van der Waals surface area contributed by atoms with Gasteiger partial charge in [-0.15, -0.1) is 0 Å². The molecular weight excluding hydrogens is 230 g/mol. The van der Waals surface area contributed by atoms with E-state index in [1.807, 2.05) is 13.8 Å². The minimum Gasteiger partial charge on any atom is -0.361 e. The van der Waals surface area contributed by atoms with Crippen LogP contribution in [0.5, 0.6) is 0 Å². The number of fused-ring (bicyclic) bond motifs is 1. The van der Waals surface area contributed by atoms with Crippen molar-refractivity contribution in [2.75, 3.05) is 5.43 Å². The second-order valence-corrected chi connectivity index (χ2v) is 4.52. The summed E-state index contributed by atoms with van der Waals surface area (Å²) in [5.74, 6) is 7.63. The van der Waals surface area contributed by atoms with E-state index < -0.39 is 0 Å². The number of nitrogens with two attached hydrogens (primary N) is 1. The zero-order chi connectivity index (χ0) is 12.7. The van der Waals surface area contributed by atoms with Crippen LogP contribution < -0.4 is 11.3 Å². The van der Waals surface area contributed by atoms with Crippen molar-refractivity contribution in [3.8, 4) is 11.4 Å². The highest BCUT2D eigenvalue weighted by molar-refractivity contribution is 5.63. The molecule has 2 aromatic rings. The average Bonchev–Trinajstić information content (AvgIpc) is 2.95. The van der Waals surface area contributed by atoms with E-state index in [0.717, 1.165) is 47.5 Å². The van der Waals surface area contributed by atoms with E-state index in [2.05, 4.69) is 20.6 Å². The highest BCUT2D eigenvalue weighted by atomic mass is 16.5. The molecule has 1 aliphatic carbocycles. The molecule has 0 bridgehead atoms. The molecule has 94 valence electrons. The molecular formula is C12H15N5O. The zero-order valence-electron chi connectivity index (χ0n) is 10.4. The molecule has 6 nitrogen and oxygen atoms in total. The first-order valence-corrected chi connectivity index (χ1v) is 6.00. The Morgan fingerprint density at radius 3 is 2.72 bits per heavy atom. The fourth-order valence-electron chi connectivity index (χ4n) is 2.47. The number of aromatic nitrogens is 3. The van der Waals surface area contributed by atoms with Crippen LogP contribution in [-0.2, 0) is 12.8 Å². The van der Waals surface area contributed by atoms with Crippen LogP contribution in [0.15, 0.2) is 4.52 Å². The molecule has 0 aliphatic heterocycles. The van der Waals surface area contributed by atoms with Crippen LogP contribution in [-0.4, -0.2) is 15.1 Å². The van der Waals surface area contributed by atoms with Gasteiger partial charge in [-0.2, -0.15) is 0 Å². The standard InChI is InChI=1S/C12H15N5O/c1-6-10(7(2)18-17-6)12-14-9-5-3-4-8(9)11(15-12)16-13/h3-5,13H2,1-2H3,(H,14,15,16). The second-order valence-electron chi connectivity index (χ2n) is 4.52. The molecule has 3 N–H and O–H groups in total. The van der Waals surface area contributed by atoms with Crippen LogP contribution in [0.1, 0.15) is 29.1 Å². The van der Waals surface area contributed by atoms with Crippen LogP contribution in [0.4, 0.5) is 5.82 Å². The zero-order valence-corrected chi connectivity index (χ0v) is 10.4. The van der Waals surface area contributed by atoms with Crippen LogP contribution >= 0.6 is 0 Å². The van der Waals surface area contributed by atoms with Crippen molar-refractivity contribution < 1.29 is 4.52 Å². The number of hydrogen-bond acceptors (Lipinski definition) is 6. The highest BCUT2D eigenvalue weighted by Gasteiger charge is 2.22. The third kappa shape index (κ3) is 1.57. The first kappa shape index (κ1) is 11.2. The Bertz CT molecular complexity index is 585. The molecule has 0 amide bonds. The quantitative estimate of drug-likeness (QED) is 0.616. The van der Waals surface area contributed by atoms with Gasteiger partial charge in [-0.05, 0) is 33.1 Å². The van der Waals surface area contributed by atoms with E-state index in [9.17, 15) is 0 Å². The fourth-order valence-corrected chi connectivity index (χ4v) is 2.47. The molecule has 0 unspecified atom stereocenters. The first-order valence-electron chi connectivity index (χ1n) is 6.00. The molecule has 2 heterocycles. The summed E-state index contributed by atoms with van der Waals surface area (Å²) in [5, 5.41) is 3.93. The van der Waals surface area contributed by atoms with E-state index >= 15 is 0 Å². The van der Waals surface area contributed by atoms with Crippen LogP contribution in [0, 0.1) is 13.8 Å². The predicted molar refractivity (Wildman–Crippen MR) is 66.8 cm³/mol. The topological polar surface area (TPSA) is 89.9 Å². The summed E-state index contributed by atoms with van der Waals surface area (Å²) in [6.07, 6.45) is 3.06. The van der Waals surface area contributed by atoms with Crippen LogP contribution in [0.25, 0.3) is 11.4 Å². The summed E-state index contributed by atoms with van der Waals surface area (Å²) >= 11 is 0. The number of nitrogens with zero attached hydrogens (tertiary/aromatic N) is 3. The van der Waals surface area contributed by atoms with Crippen molar-refractivity contribution in [1.82, 2.24) is 15.1 Å². The summed E-state index contributed by atoms with van der Waals surface area (Å²) in [6, 6.07) is 0. The Hall–Kier alpha value is -1.95. The SMILES string of the molecule is Cc1noc(C)c1-c1nc2c(c(NN)n1)CCC2. The Labute approximate surface area is 105 Å². The lowest BCUT2D eigenvalue weighted by atomic mass is 10.1. The van der Waals surface area contributed by atoms with Gasteiger partial charge in [0.15, 0.2) is 5.82 Å². The highest BCUT2D eigenvalue weighted by Crippen LogP contribution is 2.30. The molecule has 0 spiro atoms. The fraction of sp³-hybridized carbons (Fsp3) is 0.417. The average molecular weight is 245 g/mol. The molecule has 0 saturated heterocycles. The lowest BCUT2D eigenvalue weighted by Gasteiger charge is -2.08. The Morgan fingerprint density at radius 1 is 1.22 bits per heavy atom. The number of hydrogen-bond donors (Lipinski definition) is 2. The lowest BCUT2D eigenvalue weighted by molar-refractivity contribution is 0.393. The van der Waals surface area contributed by atoms with Gasteiger partial charge in [-0.1, -0.05) is 5.16 Å². The van der Waals surface area contributed by atoms with Crippen LogP contribution in [0.3, 0.4) is 0 Å². The third-order valence-corrected chi connectivity index (χ3v) is 3.33. The summed E-state index contributed by atoms with van der Waals surface area (Å²) < 4.78 is 5.16. The molecule has 0 atom stereocenters. The molecule has 1 aliphatic rings. The number of hydrazine groups is 1. The maximum absolute atomic E-state index is 5.54. The van der Waals surface area contributed by atoms with Crippen molar-refractivity contribution >= 4 is 5.82 Å². The minimum absolute atomic E-state index is 0.639. The van der Waals surface area contributed by atoms with Crippen molar-refractivity contribution in [3.05, 3.63) is 22.7 Å². The largest absolute Gasteiger partial charge is 0.361 e. The van der Waals surface area contributed by atoms with Gasteiger partial charge in [0.2, 0.25) is 0 Å². The number of nitrogens with one attached hydrogen (secondary N) is 1. The van der Waals surface area contributed by atoms with Gasteiger partial charge in [-0.25, -0.2) is 15.8 Å². The first-order chi connectivity index (χ1) is 8.70. The number of rotatable bonds is 2. The molecule has 3 rings (SSSR count). The van der Waals surface area contributed by atoms with Gasteiger partial charge in [0, 0.05) is 11.3 Å². The van der Waals surface area contributed by atoms with Gasteiger partial charge in [0.1, 0.15) is 11.6 Å². The molecule has 0 radical (unpaired) electrons. The van der Waals surface area contributed by atoms with E-state index in [-0.39, 0.29) is 0 Å². The summed E-state index contributed by atoms with van der Waals surface area (Å²) in [5.41, 5.74) is 6.54. The van der Waals surface area contributed by atoms with E-state index in [4.69, 9.17) is 10.4 Å². The Balaban J connectivity index is 2.20. The van der Waals surface area contributed by atoms with Crippen molar-refractivity contribution in [2.24, 2.45) is 5.84 Å². The van der Waals surface area contributed by atoms with Gasteiger partial charge in [-0.3, -0.25) is 0 Å². The molecule has 0 aromatic carbocycles. The molecule has 18 heavy (non-hydrogen) atoms. The summed E-state index contributed by atoms with van der Waals surface area (Å²) in [7, 11) is 0. The monoisotopic (exact) mass is 245 g/mol. The maximum atomic E-state index is 5.54. The van der Waals surface area contributed by atoms with Crippen molar-refractivity contribution in [3.63, 3.8) is 0 Å². The Morgan fingerprint density at radius 2 is 2.06 bits per heavy atom. The molecule has 0 saturated carbocycles. The van der Waals surface area contributed by atoms with Crippen LogP contribution in [0.2, 0.25) is 0 Å². The normalized spacial score (nSPS) is 13.7. The van der Waals surface area contributed by atoms with E-state index in [0.29, 0.717) is 11.6 Å². The predicted octanol–water partition coefficient (Wildman–Crippen LogP) is 1.52. The van der Waals surface area contributed by atoms with Gasteiger partial charge in [0.25, 0.3) is 0 Å². The Kier molecular flexibility index (Phi) is 2.52. The lowest BCUT2D eigenvalue weighted by Crippen LogP contribution is -2.13. The molecule has 0 fully saturated rings. The number of nitrogen functional groups attached to an aromatic ring is 1. The number of aryl methyl sites for hydroxylation is 3. The van der Waals surface area contributed by atoms with E-state index in [1.165, 1.54) is 0 Å². The van der Waals surface area contributed by atoms with Crippen molar-refractivity contribution in [1.29, 1.82) is 0 Å². The van der Waals surface area contributed by atoms with Gasteiger partial charge in [0.05, 0.1) is 11.3 Å². The maximum Gasteiger partial charge on any atom is 0.167 e. The minimum atomic E-state index is 0.639. The molecule has 2 aromatic heterocycles. The van der Waals surface area contributed by atoms with Gasteiger partial charge < -0.3 is 9.95 Å². The van der Waals surface area contributed by atoms with Crippen molar-refractivity contribution in [2.45, 2.75) is 33.1 Å². The molecule has 6 heteroatoms. The smallest absolute Gasteiger partial charge is 0.167 e. The summed E-state index contributed by atoms with van der Waals surface area (Å²) in [6.45, 7) is 3.75. The third-order valence-electron chi connectivity index (χ3n) is 3.33. The summed E-state index contributed by atoms with van der Waals surface area (Å²) in [4.78, 5) is 9.10.